The molecule has 1 aromatic carbocycles. The van der Waals surface area contributed by atoms with Crippen LogP contribution >= 0.6 is 0 Å². The summed E-state index contributed by atoms with van der Waals surface area (Å²) in [6, 6.07) is 11.6. The highest BCUT2D eigenvalue weighted by Gasteiger charge is 2.30. The van der Waals surface area contributed by atoms with E-state index in [0.717, 1.165) is 38.5 Å². The summed E-state index contributed by atoms with van der Waals surface area (Å²) >= 11 is 0. The Bertz CT molecular complexity index is 573. The first-order valence-electron chi connectivity index (χ1n) is 11.4. The molecule has 1 aromatic rings. The van der Waals surface area contributed by atoms with E-state index in [0.29, 0.717) is 5.92 Å². The third-order valence-electron chi connectivity index (χ3n) is 6.44. The van der Waals surface area contributed by atoms with Gasteiger partial charge in [0.2, 0.25) is 5.91 Å². The van der Waals surface area contributed by atoms with E-state index in [-0.39, 0.29) is 11.8 Å². The van der Waals surface area contributed by atoms with E-state index in [2.05, 4.69) is 59.3 Å². The highest BCUT2D eigenvalue weighted by Crippen LogP contribution is 2.24. The van der Waals surface area contributed by atoms with Crippen LogP contribution in [0, 0.1) is 11.8 Å². The highest BCUT2D eigenvalue weighted by molar-refractivity contribution is 5.78. The van der Waals surface area contributed by atoms with Gasteiger partial charge in [0.25, 0.3) is 0 Å². The van der Waals surface area contributed by atoms with Crippen LogP contribution in [-0.2, 0) is 11.2 Å². The molecule has 4 nitrogen and oxygen atoms in total. The van der Waals surface area contributed by atoms with Gasteiger partial charge in [0, 0.05) is 18.5 Å². The van der Waals surface area contributed by atoms with Crippen molar-refractivity contribution in [2.75, 3.05) is 39.3 Å². The summed E-state index contributed by atoms with van der Waals surface area (Å²) in [4.78, 5) is 17.6. The van der Waals surface area contributed by atoms with Crippen molar-refractivity contribution < 1.29 is 4.79 Å². The van der Waals surface area contributed by atoms with Crippen LogP contribution in [-0.4, -0.2) is 61.0 Å². The third kappa shape index (κ3) is 6.59. The van der Waals surface area contributed by atoms with E-state index < -0.39 is 0 Å². The molecular formula is C24H39N3O. The molecule has 3 rings (SSSR count). The summed E-state index contributed by atoms with van der Waals surface area (Å²) in [6.07, 6.45) is 7.08. The number of nitrogens with one attached hydrogen (secondary N) is 1. The second-order valence-corrected chi connectivity index (χ2v) is 9.11. The summed E-state index contributed by atoms with van der Waals surface area (Å²) in [5.74, 6) is 1.04. The number of carbonyl (C=O) groups is 1. The third-order valence-corrected chi connectivity index (χ3v) is 6.44. The van der Waals surface area contributed by atoms with E-state index in [1.807, 2.05) is 0 Å². The SMILES string of the molecule is CC(C)CNC(=O)C1CCN(C2CCN(CCCc3ccccc3)CC2)CC1. The first-order valence-corrected chi connectivity index (χ1v) is 11.4. The lowest BCUT2D eigenvalue weighted by Gasteiger charge is -2.41. The molecule has 1 amide bonds. The molecule has 0 atom stereocenters. The molecule has 0 spiro atoms. The van der Waals surface area contributed by atoms with E-state index >= 15 is 0 Å². The lowest BCUT2D eigenvalue weighted by molar-refractivity contribution is -0.126. The van der Waals surface area contributed by atoms with E-state index in [1.54, 1.807) is 0 Å². The lowest BCUT2D eigenvalue weighted by Crippen LogP contribution is -2.49. The van der Waals surface area contributed by atoms with Crippen molar-refractivity contribution in [1.29, 1.82) is 0 Å². The Morgan fingerprint density at radius 3 is 2.36 bits per heavy atom. The van der Waals surface area contributed by atoms with Crippen LogP contribution in [0.4, 0.5) is 0 Å². The van der Waals surface area contributed by atoms with Crippen molar-refractivity contribution in [3.63, 3.8) is 0 Å². The molecule has 1 N–H and O–H groups in total. The number of amides is 1. The maximum atomic E-state index is 12.3. The molecule has 2 heterocycles. The minimum Gasteiger partial charge on any atom is -0.356 e. The summed E-state index contributed by atoms with van der Waals surface area (Å²) in [5.41, 5.74) is 1.46. The van der Waals surface area contributed by atoms with Gasteiger partial charge in [-0.1, -0.05) is 44.2 Å². The van der Waals surface area contributed by atoms with Gasteiger partial charge in [-0.15, -0.1) is 0 Å². The summed E-state index contributed by atoms with van der Waals surface area (Å²) in [6.45, 7) is 11.0. The average Bonchev–Trinajstić information content (AvgIpc) is 2.73. The summed E-state index contributed by atoms with van der Waals surface area (Å²) in [7, 11) is 0. The number of rotatable bonds is 8. The maximum Gasteiger partial charge on any atom is 0.223 e. The van der Waals surface area contributed by atoms with Crippen molar-refractivity contribution in [2.45, 2.75) is 58.4 Å². The topological polar surface area (TPSA) is 35.6 Å². The van der Waals surface area contributed by atoms with Gasteiger partial charge < -0.3 is 15.1 Å². The van der Waals surface area contributed by atoms with Crippen molar-refractivity contribution >= 4 is 5.91 Å². The molecule has 2 aliphatic heterocycles. The van der Waals surface area contributed by atoms with Gasteiger partial charge in [-0.05, 0) is 82.7 Å². The Morgan fingerprint density at radius 1 is 1.04 bits per heavy atom. The van der Waals surface area contributed by atoms with Crippen LogP contribution in [0.25, 0.3) is 0 Å². The number of nitrogens with zero attached hydrogens (tertiary/aromatic N) is 2. The molecular weight excluding hydrogens is 346 g/mol. The Morgan fingerprint density at radius 2 is 1.71 bits per heavy atom. The molecule has 4 heteroatoms. The van der Waals surface area contributed by atoms with Crippen LogP contribution < -0.4 is 5.32 Å². The van der Waals surface area contributed by atoms with Crippen LogP contribution in [0.5, 0.6) is 0 Å². The standard InChI is InChI=1S/C24H39N3O/c1-20(2)19-25-24(28)22-10-17-27(18-11-22)23-12-15-26(16-13-23)14-6-9-21-7-4-3-5-8-21/h3-5,7-8,20,22-23H,6,9-19H2,1-2H3,(H,25,28). The van der Waals surface area contributed by atoms with Crippen LogP contribution in [0.1, 0.15) is 51.5 Å². The number of hydrogen-bond acceptors (Lipinski definition) is 3. The Balaban J connectivity index is 1.30. The highest BCUT2D eigenvalue weighted by atomic mass is 16.1. The quantitative estimate of drug-likeness (QED) is 0.743. The van der Waals surface area contributed by atoms with E-state index in [4.69, 9.17) is 0 Å². The minimum absolute atomic E-state index is 0.230. The Kier molecular flexibility index (Phi) is 8.35. The largest absolute Gasteiger partial charge is 0.356 e. The lowest BCUT2D eigenvalue weighted by atomic mass is 9.92. The van der Waals surface area contributed by atoms with Gasteiger partial charge >= 0.3 is 0 Å². The molecule has 2 saturated heterocycles. The van der Waals surface area contributed by atoms with Crippen molar-refractivity contribution in [1.82, 2.24) is 15.1 Å². The number of benzene rings is 1. The molecule has 0 aliphatic carbocycles. The zero-order valence-electron chi connectivity index (χ0n) is 17.9. The molecule has 2 aliphatic rings. The number of carbonyl (C=O) groups excluding carboxylic acids is 1. The van der Waals surface area contributed by atoms with E-state index in [9.17, 15) is 4.79 Å². The molecule has 0 unspecified atom stereocenters. The smallest absolute Gasteiger partial charge is 0.223 e. The van der Waals surface area contributed by atoms with Gasteiger partial charge in [0.05, 0.1) is 0 Å². The monoisotopic (exact) mass is 385 g/mol. The molecule has 28 heavy (non-hydrogen) atoms. The van der Waals surface area contributed by atoms with Gasteiger partial charge in [-0.3, -0.25) is 4.79 Å². The summed E-state index contributed by atoms with van der Waals surface area (Å²) in [5, 5.41) is 3.12. The van der Waals surface area contributed by atoms with Gasteiger partial charge in [0.15, 0.2) is 0 Å². The number of aryl methyl sites for hydroxylation is 1. The molecule has 156 valence electrons. The second-order valence-electron chi connectivity index (χ2n) is 9.11. The normalized spacial score (nSPS) is 20.5. The van der Waals surface area contributed by atoms with Crippen LogP contribution in [0.2, 0.25) is 0 Å². The first kappa shape index (κ1) is 21.3. The average molecular weight is 386 g/mol. The maximum absolute atomic E-state index is 12.3. The Labute approximate surface area is 171 Å². The van der Waals surface area contributed by atoms with Gasteiger partial charge in [0.1, 0.15) is 0 Å². The van der Waals surface area contributed by atoms with E-state index in [1.165, 1.54) is 50.9 Å². The number of likely N-dealkylation sites (tertiary alicyclic amines) is 2. The predicted molar refractivity (Wildman–Crippen MR) is 116 cm³/mol. The molecule has 0 bridgehead atoms. The predicted octanol–water partition coefficient (Wildman–Crippen LogP) is 3.57. The van der Waals surface area contributed by atoms with Gasteiger partial charge in [-0.25, -0.2) is 0 Å². The van der Waals surface area contributed by atoms with Crippen molar-refractivity contribution in [3.8, 4) is 0 Å². The fourth-order valence-corrected chi connectivity index (χ4v) is 4.64. The molecule has 0 radical (unpaired) electrons. The first-order chi connectivity index (χ1) is 13.6. The summed E-state index contributed by atoms with van der Waals surface area (Å²) < 4.78 is 0. The fourth-order valence-electron chi connectivity index (χ4n) is 4.64. The minimum atomic E-state index is 0.230. The molecule has 0 aromatic heterocycles. The number of piperidine rings is 2. The van der Waals surface area contributed by atoms with Gasteiger partial charge in [-0.2, -0.15) is 0 Å². The van der Waals surface area contributed by atoms with Crippen LogP contribution in [0.15, 0.2) is 30.3 Å². The zero-order valence-corrected chi connectivity index (χ0v) is 17.9. The van der Waals surface area contributed by atoms with Crippen molar-refractivity contribution in [2.24, 2.45) is 11.8 Å². The fraction of sp³-hybridized carbons (Fsp3) is 0.708. The second kappa shape index (κ2) is 11.0. The molecule has 0 saturated carbocycles. The number of hydrogen-bond donors (Lipinski definition) is 1. The molecule has 2 fully saturated rings. The Hall–Kier alpha value is -1.39. The van der Waals surface area contributed by atoms with Crippen molar-refractivity contribution in [3.05, 3.63) is 35.9 Å². The zero-order chi connectivity index (χ0) is 19.8. The van der Waals surface area contributed by atoms with Crippen LogP contribution in [0.3, 0.4) is 0 Å².